The predicted octanol–water partition coefficient (Wildman–Crippen LogP) is 5.67. The number of allylic oxidation sites excluding steroid dienone is 3. The number of aromatic amines is 1. The largest absolute Gasteiger partial charge is 0.354 e. The summed E-state index contributed by atoms with van der Waals surface area (Å²) in [5.74, 6) is 0. The van der Waals surface area contributed by atoms with Crippen LogP contribution in [0.4, 0.5) is 8.78 Å². The van der Waals surface area contributed by atoms with E-state index in [0.29, 0.717) is 18.2 Å². The molecule has 0 bridgehead atoms. The zero-order valence-electron chi connectivity index (χ0n) is 20.0. The van der Waals surface area contributed by atoms with Crippen molar-refractivity contribution in [2.75, 3.05) is 13.1 Å². The van der Waals surface area contributed by atoms with Crippen molar-refractivity contribution < 1.29 is 8.78 Å². The van der Waals surface area contributed by atoms with E-state index in [9.17, 15) is 8.78 Å². The molecule has 1 aromatic carbocycles. The minimum Gasteiger partial charge on any atom is -0.354 e. The zero-order chi connectivity index (χ0) is 25.2. The number of alkyl halides is 2. The first-order chi connectivity index (χ1) is 17.0. The zero-order valence-corrected chi connectivity index (χ0v) is 20.0. The average molecular weight is 479 g/mol. The van der Waals surface area contributed by atoms with Crippen LogP contribution in [0, 0.1) is 12.8 Å². The molecular weight excluding hydrogens is 446 g/mol. The molecule has 3 aromatic rings. The third kappa shape index (κ3) is 6.67. The van der Waals surface area contributed by atoms with Crippen LogP contribution < -0.4 is 10.6 Å². The molecule has 1 fully saturated rings. The van der Waals surface area contributed by atoms with E-state index in [2.05, 4.69) is 68.4 Å². The van der Waals surface area contributed by atoms with Crippen molar-refractivity contribution in [3.05, 3.63) is 66.8 Å². The number of halogens is 2. The van der Waals surface area contributed by atoms with E-state index in [1.807, 2.05) is 25.3 Å². The van der Waals surface area contributed by atoms with E-state index in [4.69, 9.17) is 0 Å². The lowest BCUT2D eigenvalue weighted by Gasteiger charge is -2.22. The molecule has 35 heavy (non-hydrogen) atoms. The summed E-state index contributed by atoms with van der Waals surface area (Å²) in [6, 6.07) is 6.61. The second kappa shape index (κ2) is 12.7. The van der Waals surface area contributed by atoms with Gasteiger partial charge in [-0.15, -0.1) is 12.8 Å². The van der Waals surface area contributed by atoms with Crippen LogP contribution in [0.2, 0.25) is 0 Å². The first-order valence-electron chi connectivity index (χ1n) is 11.7. The molecule has 4 rings (SSSR count). The van der Waals surface area contributed by atoms with Crippen LogP contribution in [0.1, 0.15) is 44.3 Å². The van der Waals surface area contributed by atoms with Gasteiger partial charge in [-0.3, -0.25) is 9.78 Å². The van der Waals surface area contributed by atoms with Gasteiger partial charge in [0.2, 0.25) is 6.43 Å². The van der Waals surface area contributed by atoms with Crippen molar-refractivity contribution in [2.45, 2.75) is 45.1 Å². The van der Waals surface area contributed by atoms with Crippen molar-refractivity contribution in [3.8, 4) is 24.0 Å². The van der Waals surface area contributed by atoms with Crippen molar-refractivity contribution in [3.63, 3.8) is 0 Å². The molecule has 3 N–H and O–H groups in total. The number of H-pyrrole nitrogens is 1. The second-order valence-electron chi connectivity index (χ2n) is 8.24. The fourth-order valence-electron chi connectivity index (χ4n) is 4.06. The van der Waals surface area contributed by atoms with Gasteiger partial charge in [-0.25, -0.2) is 8.78 Å². The summed E-state index contributed by atoms with van der Waals surface area (Å²) in [5.41, 5.74) is 5.18. The number of aromatic nitrogens is 4. The Morgan fingerprint density at radius 2 is 2.06 bits per heavy atom. The fraction of sp³-hybridized carbons (Fsp3) is 0.333. The van der Waals surface area contributed by atoms with Gasteiger partial charge in [0.15, 0.2) is 0 Å². The van der Waals surface area contributed by atoms with Gasteiger partial charge in [0.25, 0.3) is 0 Å². The highest BCUT2D eigenvalue weighted by Crippen LogP contribution is 2.29. The normalized spacial score (nSPS) is 14.9. The minimum absolute atomic E-state index is 0.143. The smallest absolute Gasteiger partial charge is 0.238 e. The molecule has 0 radical (unpaired) electrons. The summed E-state index contributed by atoms with van der Waals surface area (Å²) < 4.78 is 26.8. The molecule has 0 saturated carbocycles. The molecular formula is C27H32F2N6. The van der Waals surface area contributed by atoms with Crippen LogP contribution in [0.5, 0.6) is 0 Å². The van der Waals surface area contributed by atoms with Gasteiger partial charge in [-0.05, 0) is 63.0 Å². The number of benzene rings is 1. The van der Waals surface area contributed by atoms with E-state index in [1.165, 1.54) is 0 Å². The average Bonchev–Trinajstić information content (AvgIpc) is 3.55. The highest BCUT2D eigenvalue weighted by Gasteiger charge is 2.17. The van der Waals surface area contributed by atoms with Gasteiger partial charge in [-0.1, -0.05) is 24.8 Å². The summed E-state index contributed by atoms with van der Waals surface area (Å²) in [5, 5.41) is 19.7. The molecule has 1 aliphatic heterocycles. The first-order valence-corrected chi connectivity index (χ1v) is 11.7. The van der Waals surface area contributed by atoms with Crippen LogP contribution >= 0.6 is 0 Å². The topological polar surface area (TPSA) is 70.6 Å². The van der Waals surface area contributed by atoms with Gasteiger partial charge in [0.05, 0.1) is 23.5 Å². The monoisotopic (exact) mass is 478 g/mol. The number of nitrogens with zero attached hydrogens (tertiary/aromatic N) is 3. The molecule has 184 valence electrons. The lowest BCUT2D eigenvalue weighted by atomic mass is 10.0. The molecule has 0 atom stereocenters. The quantitative estimate of drug-likeness (QED) is 0.274. The Balaban J connectivity index is 0.00000167. The van der Waals surface area contributed by atoms with E-state index in [1.54, 1.807) is 12.2 Å². The van der Waals surface area contributed by atoms with Crippen LogP contribution in [-0.2, 0) is 0 Å². The number of hydrogen-bond acceptors (Lipinski definition) is 4. The fourth-order valence-corrected chi connectivity index (χ4v) is 4.06. The Morgan fingerprint density at radius 1 is 1.29 bits per heavy atom. The molecule has 0 amide bonds. The van der Waals surface area contributed by atoms with Crippen molar-refractivity contribution >= 4 is 16.6 Å². The summed E-state index contributed by atoms with van der Waals surface area (Å²) in [7, 11) is 0. The highest BCUT2D eigenvalue weighted by molar-refractivity contribution is 5.92. The van der Waals surface area contributed by atoms with Gasteiger partial charge >= 0.3 is 0 Å². The summed E-state index contributed by atoms with van der Waals surface area (Å²) >= 11 is 0. The molecule has 0 spiro atoms. The molecule has 1 aliphatic rings. The summed E-state index contributed by atoms with van der Waals surface area (Å²) in [6.45, 7) is 8.08. The van der Waals surface area contributed by atoms with Gasteiger partial charge in [0, 0.05) is 29.3 Å². The number of rotatable bonds is 9. The molecule has 0 unspecified atom stereocenters. The van der Waals surface area contributed by atoms with E-state index in [-0.39, 0.29) is 6.42 Å². The minimum atomic E-state index is -2.29. The maximum atomic E-state index is 12.3. The Labute approximate surface area is 205 Å². The van der Waals surface area contributed by atoms with Crippen LogP contribution in [0.25, 0.3) is 27.7 Å². The third-order valence-electron chi connectivity index (χ3n) is 5.92. The first kappa shape index (κ1) is 25.9. The lowest BCUT2D eigenvalue weighted by Crippen LogP contribution is -2.29. The van der Waals surface area contributed by atoms with E-state index >= 15 is 0 Å². The summed E-state index contributed by atoms with van der Waals surface area (Å²) in [6.07, 6.45) is 17.5. The Hall–Kier alpha value is -3.70. The number of terminal acetylenes is 1. The number of nitrogens with one attached hydrogen (secondary N) is 3. The van der Waals surface area contributed by atoms with Gasteiger partial charge < -0.3 is 10.6 Å². The SMILES string of the molecule is C#C.C=C(NC(/C=C\CCC(F)F)=C/C)c1n[nH]c2ccc(-c3cnn(C4CCNCC4)c3)cc12. The highest BCUT2D eigenvalue weighted by atomic mass is 19.3. The number of fused-ring (bicyclic) bond motifs is 1. The Bertz CT molecular complexity index is 1190. The van der Waals surface area contributed by atoms with Crippen LogP contribution in [0.3, 0.4) is 0 Å². The van der Waals surface area contributed by atoms with Crippen molar-refractivity contribution in [1.29, 1.82) is 0 Å². The molecule has 3 heterocycles. The molecule has 8 heteroatoms. The third-order valence-corrected chi connectivity index (χ3v) is 5.92. The second-order valence-corrected chi connectivity index (χ2v) is 8.24. The predicted molar refractivity (Wildman–Crippen MR) is 139 cm³/mol. The molecule has 2 aromatic heterocycles. The van der Waals surface area contributed by atoms with Crippen molar-refractivity contribution in [1.82, 2.24) is 30.6 Å². The van der Waals surface area contributed by atoms with E-state index in [0.717, 1.165) is 59.4 Å². The van der Waals surface area contributed by atoms with Crippen LogP contribution in [0.15, 0.2) is 61.1 Å². The lowest BCUT2D eigenvalue weighted by molar-refractivity contribution is 0.139. The Kier molecular flexibility index (Phi) is 9.39. The van der Waals surface area contributed by atoms with Crippen LogP contribution in [-0.4, -0.2) is 39.5 Å². The number of hydrogen-bond donors (Lipinski definition) is 3. The maximum Gasteiger partial charge on any atom is 0.238 e. The maximum absolute atomic E-state index is 12.3. The van der Waals surface area contributed by atoms with Crippen molar-refractivity contribution in [2.24, 2.45) is 0 Å². The Morgan fingerprint density at radius 3 is 2.77 bits per heavy atom. The standard InChI is InChI=1S/C25H30F2N6.C2H2/c1-3-20(6-4-5-7-24(26)27)30-17(2)25-22-14-18(8-9-23(22)31-32-25)19-15-29-33(16-19)21-10-12-28-13-11-21;1-2/h3-4,6,8-9,14-16,21,24,28,30H,2,5,7,10-13H2,1H3,(H,31,32);1-2H/b6-4-,20-3+;. The van der Waals surface area contributed by atoms with Gasteiger partial charge in [-0.2, -0.15) is 10.2 Å². The summed E-state index contributed by atoms with van der Waals surface area (Å²) in [4.78, 5) is 0. The molecule has 0 aliphatic carbocycles. The van der Waals surface area contributed by atoms with Gasteiger partial charge in [0.1, 0.15) is 5.69 Å². The van der Waals surface area contributed by atoms with E-state index < -0.39 is 6.43 Å². The number of piperidine rings is 1. The molecule has 1 saturated heterocycles. The molecule has 6 nitrogen and oxygen atoms in total.